The molecule has 30 heavy (non-hydrogen) atoms. The maximum Gasteiger partial charge on any atom is 0.269 e. The van der Waals surface area contributed by atoms with E-state index in [4.69, 9.17) is 9.73 Å². The zero-order chi connectivity index (χ0) is 21.1. The summed E-state index contributed by atoms with van der Waals surface area (Å²) in [6.07, 6.45) is 0. The minimum absolute atomic E-state index is 0.0241. The van der Waals surface area contributed by atoms with Crippen molar-refractivity contribution < 1.29 is 9.66 Å². The molecule has 0 amide bonds. The van der Waals surface area contributed by atoms with Crippen LogP contribution in [0.4, 0.5) is 11.4 Å². The van der Waals surface area contributed by atoms with E-state index >= 15 is 0 Å². The predicted molar refractivity (Wildman–Crippen MR) is 120 cm³/mol. The Hall–Kier alpha value is -3.52. The molecule has 1 aliphatic rings. The average Bonchev–Trinajstić information content (AvgIpc) is 2.94. The number of nitro benzene ring substituents is 1. The average molecular weight is 465 g/mol. The zero-order valence-corrected chi connectivity index (χ0v) is 17.6. The molecule has 1 heterocycles. The van der Waals surface area contributed by atoms with Gasteiger partial charge in [-0.05, 0) is 49.4 Å². The van der Waals surface area contributed by atoms with Crippen LogP contribution in [0.15, 0.2) is 81.3 Å². The second-order valence-corrected chi connectivity index (χ2v) is 7.37. The van der Waals surface area contributed by atoms with Crippen molar-refractivity contribution in [2.45, 2.75) is 6.92 Å². The number of hydrogen-bond acceptors (Lipinski definition) is 6. The normalized spacial score (nSPS) is 12.7. The van der Waals surface area contributed by atoms with Crippen molar-refractivity contribution in [3.63, 3.8) is 0 Å². The molecule has 0 fully saturated rings. The van der Waals surface area contributed by atoms with Crippen LogP contribution in [-0.4, -0.2) is 23.1 Å². The molecule has 0 bridgehead atoms. The van der Waals surface area contributed by atoms with Gasteiger partial charge in [-0.2, -0.15) is 5.10 Å². The van der Waals surface area contributed by atoms with E-state index in [1.54, 1.807) is 12.1 Å². The number of ether oxygens (including phenoxy) is 1. The number of hydrogen-bond donors (Lipinski definition) is 1. The maximum absolute atomic E-state index is 11.0. The van der Waals surface area contributed by atoms with Crippen molar-refractivity contribution in [2.24, 2.45) is 10.1 Å². The number of aliphatic imine (C=N–C) groups is 1. The first-order chi connectivity index (χ1) is 14.5. The molecule has 8 heteroatoms. The molecule has 0 aliphatic carbocycles. The highest BCUT2D eigenvalue weighted by Crippen LogP contribution is 2.30. The fourth-order valence-electron chi connectivity index (χ4n) is 3.07. The Morgan fingerprint density at radius 1 is 1.03 bits per heavy atom. The molecule has 0 spiro atoms. The number of non-ortho nitro benzene ring substituents is 1. The number of nitrogens with one attached hydrogen (secondary N) is 1. The lowest BCUT2D eigenvalue weighted by Gasteiger charge is -2.10. The van der Waals surface area contributed by atoms with Crippen LogP contribution in [0.1, 0.15) is 23.6 Å². The van der Waals surface area contributed by atoms with Crippen molar-refractivity contribution in [1.29, 1.82) is 0 Å². The van der Waals surface area contributed by atoms with Crippen molar-refractivity contribution in [3.8, 4) is 5.75 Å². The smallest absolute Gasteiger partial charge is 0.269 e. The molecule has 4 rings (SSSR count). The number of nitrogens with zero attached hydrogens (tertiary/aromatic N) is 3. The van der Waals surface area contributed by atoms with Gasteiger partial charge in [0.25, 0.3) is 5.69 Å². The number of halogens is 1. The summed E-state index contributed by atoms with van der Waals surface area (Å²) in [4.78, 5) is 15.4. The third-order valence-electron chi connectivity index (χ3n) is 4.51. The predicted octanol–water partition coefficient (Wildman–Crippen LogP) is 5.19. The van der Waals surface area contributed by atoms with Gasteiger partial charge in [0, 0.05) is 33.3 Å². The first kappa shape index (κ1) is 19.8. The highest BCUT2D eigenvalue weighted by molar-refractivity contribution is 9.10. The molecule has 0 aromatic heterocycles. The minimum atomic E-state index is -0.424. The molecule has 3 aromatic carbocycles. The van der Waals surface area contributed by atoms with Crippen molar-refractivity contribution in [2.75, 3.05) is 6.61 Å². The lowest BCUT2D eigenvalue weighted by atomic mass is 10.00. The summed E-state index contributed by atoms with van der Waals surface area (Å²) in [7, 11) is 0. The van der Waals surface area contributed by atoms with E-state index in [9.17, 15) is 10.1 Å². The molecule has 0 unspecified atom stereocenters. The summed E-state index contributed by atoms with van der Waals surface area (Å²) in [6, 6.07) is 19.7. The third kappa shape index (κ3) is 4.08. The van der Waals surface area contributed by atoms with Crippen molar-refractivity contribution in [1.82, 2.24) is 5.43 Å². The van der Waals surface area contributed by atoms with Crippen LogP contribution in [0.25, 0.3) is 0 Å². The Bertz CT molecular complexity index is 1160. The Kier molecular flexibility index (Phi) is 5.58. The van der Waals surface area contributed by atoms with Crippen LogP contribution in [-0.2, 0) is 0 Å². The topological polar surface area (TPSA) is 89.1 Å². The van der Waals surface area contributed by atoms with Gasteiger partial charge < -0.3 is 4.74 Å². The molecular formula is C22H17BrN4O3. The van der Waals surface area contributed by atoms with Gasteiger partial charge in [-0.1, -0.05) is 28.1 Å². The lowest BCUT2D eigenvalue weighted by molar-refractivity contribution is -0.384. The molecule has 0 saturated heterocycles. The highest BCUT2D eigenvalue weighted by atomic mass is 79.9. The lowest BCUT2D eigenvalue weighted by Crippen LogP contribution is -2.19. The van der Waals surface area contributed by atoms with Gasteiger partial charge >= 0.3 is 0 Å². The largest absolute Gasteiger partial charge is 0.494 e. The molecule has 0 radical (unpaired) electrons. The fraction of sp³-hybridized carbons (Fsp3) is 0.0909. The molecule has 1 aliphatic heterocycles. The molecule has 7 nitrogen and oxygen atoms in total. The Balaban J connectivity index is 1.82. The van der Waals surface area contributed by atoms with Crippen LogP contribution in [0, 0.1) is 10.1 Å². The molecule has 0 atom stereocenters. The van der Waals surface area contributed by atoms with E-state index in [0.717, 1.165) is 26.9 Å². The number of benzene rings is 3. The zero-order valence-electron chi connectivity index (χ0n) is 16.0. The van der Waals surface area contributed by atoms with E-state index < -0.39 is 4.92 Å². The second-order valence-electron chi connectivity index (χ2n) is 6.46. The summed E-state index contributed by atoms with van der Waals surface area (Å²) in [5, 5.41) is 15.6. The highest BCUT2D eigenvalue weighted by Gasteiger charge is 2.19. The Morgan fingerprint density at radius 3 is 2.40 bits per heavy atom. The first-order valence-corrected chi connectivity index (χ1v) is 10.0. The summed E-state index contributed by atoms with van der Waals surface area (Å²) in [5.41, 5.74) is 6.80. The van der Waals surface area contributed by atoms with Gasteiger partial charge in [0.05, 0.1) is 17.2 Å². The Morgan fingerprint density at radius 2 is 1.73 bits per heavy atom. The molecule has 3 aromatic rings. The first-order valence-electron chi connectivity index (χ1n) is 9.25. The van der Waals surface area contributed by atoms with E-state index in [1.165, 1.54) is 12.1 Å². The summed E-state index contributed by atoms with van der Waals surface area (Å²) >= 11 is 3.44. The van der Waals surface area contributed by atoms with Gasteiger partial charge in [0.1, 0.15) is 11.5 Å². The van der Waals surface area contributed by atoms with Gasteiger partial charge in [0.2, 0.25) is 0 Å². The van der Waals surface area contributed by atoms with Crippen LogP contribution < -0.4 is 10.2 Å². The SMILES string of the molecule is CCOc1ccc2c(c1)C(c1ccc([N+](=O)[O-])cc1)=NNC(c1ccc(Br)cc1)=N2. The maximum atomic E-state index is 11.0. The van der Waals surface area contributed by atoms with Gasteiger partial charge in [-0.25, -0.2) is 4.99 Å². The Labute approximate surface area is 181 Å². The molecular weight excluding hydrogens is 448 g/mol. The standard InChI is InChI=1S/C22H17BrN4O3/c1-2-30-18-11-12-20-19(13-18)21(14-5-9-17(10-6-14)27(28)29)25-26-22(24-20)15-3-7-16(23)8-4-15/h3-13H,2H2,1H3,(H,24,26). The van der Waals surface area contributed by atoms with E-state index in [1.807, 2.05) is 49.4 Å². The van der Waals surface area contributed by atoms with Crippen LogP contribution in [0.3, 0.4) is 0 Å². The molecule has 0 saturated carbocycles. The number of nitro groups is 1. The fourth-order valence-corrected chi connectivity index (χ4v) is 3.34. The quantitative estimate of drug-likeness (QED) is 0.415. The molecule has 150 valence electrons. The van der Waals surface area contributed by atoms with E-state index in [0.29, 0.717) is 23.9 Å². The summed E-state index contributed by atoms with van der Waals surface area (Å²) in [6.45, 7) is 2.46. The van der Waals surface area contributed by atoms with Crippen molar-refractivity contribution in [3.05, 3.63) is 98.0 Å². The number of hydrazone groups is 1. The van der Waals surface area contributed by atoms with Gasteiger partial charge in [0.15, 0.2) is 5.84 Å². The number of rotatable bonds is 5. The van der Waals surface area contributed by atoms with Crippen LogP contribution in [0.5, 0.6) is 5.75 Å². The van der Waals surface area contributed by atoms with Gasteiger partial charge in [-0.15, -0.1) is 0 Å². The van der Waals surface area contributed by atoms with Crippen LogP contribution in [0.2, 0.25) is 0 Å². The summed E-state index contributed by atoms with van der Waals surface area (Å²) in [5.74, 6) is 1.30. The minimum Gasteiger partial charge on any atom is -0.494 e. The van der Waals surface area contributed by atoms with E-state index in [2.05, 4.69) is 26.5 Å². The number of fused-ring (bicyclic) bond motifs is 1. The van der Waals surface area contributed by atoms with Gasteiger partial charge in [-0.3, -0.25) is 15.5 Å². The monoisotopic (exact) mass is 464 g/mol. The second kappa shape index (κ2) is 8.46. The summed E-state index contributed by atoms with van der Waals surface area (Å²) < 4.78 is 6.62. The molecule has 1 N–H and O–H groups in total. The van der Waals surface area contributed by atoms with E-state index in [-0.39, 0.29) is 5.69 Å². The van der Waals surface area contributed by atoms with Crippen molar-refractivity contribution >= 4 is 38.9 Å². The van der Waals surface area contributed by atoms with Crippen LogP contribution >= 0.6 is 15.9 Å². The number of amidine groups is 1. The third-order valence-corrected chi connectivity index (χ3v) is 5.04.